The predicted molar refractivity (Wildman–Crippen MR) is 103 cm³/mol. The van der Waals surface area contributed by atoms with E-state index in [-0.39, 0.29) is 22.4 Å². The van der Waals surface area contributed by atoms with Crippen LogP contribution in [0.1, 0.15) is 6.42 Å². The molecule has 0 amide bonds. The second-order valence-corrected chi connectivity index (χ2v) is 10.2. The summed E-state index contributed by atoms with van der Waals surface area (Å²) >= 11 is -0.0374. The van der Waals surface area contributed by atoms with Gasteiger partial charge in [-0.1, -0.05) is 0 Å². The van der Waals surface area contributed by atoms with Crippen LogP contribution < -0.4 is 10.6 Å². The van der Waals surface area contributed by atoms with Gasteiger partial charge in [0.1, 0.15) is 0 Å². The van der Waals surface area contributed by atoms with Crippen molar-refractivity contribution in [1.82, 2.24) is 24.5 Å². The van der Waals surface area contributed by atoms with E-state index in [9.17, 15) is 5.11 Å². The fraction of sp³-hybridized carbons (Fsp3) is 0.471. The Morgan fingerprint density at radius 2 is 2.26 bits per heavy atom. The normalized spacial score (nSPS) is 24.6. The summed E-state index contributed by atoms with van der Waals surface area (Å²) in [6.07, 6.45) is 2.74. The molecule has 3 unspecified atom stereocenters. The van der Waals surface area contributed by atoms with Crippen LogP contribution in [-0.2, 0) is 0 Å². The monoisotopic (exact) mass is 431 g/mol. The number of nitrogen functional groups attached to an aromatic ring is 1. The fourth-order valence-electron chi connectivity index (χ4n) is 3.97. The van der Waals surface area contributed by atoms with Gasteiger partial charge in [0.15, 0.2) is 0 Å². The molecule has 27 heavy (non-hydrogen) atoms. The van der Waals surface area contributed by atoms with Crippen molar-refractivity contribution in [2.75, 3.05) is 36.9 Å². The number of aliphatic hydroxyl groups excluding tert-OH is 1. The molecule has 142 valence electrons. The Bertz CT molecular complexity index is 944. The molecule has 0 bridgehead atoms. The molecular formula is C17H22AsN7O2. The number of rotatable bonds is 3. The zero-order valence-corrected chi connectivity index (χ0v) is 16.9. The maximum atomic E-state index is 9.65. The summed E-state index contributed by atoms with van der Waals surface area (Å²) < 4.78 is 6.93. The number of piperazine rings is 1. The number of hydrogen-bond acceptors (Lipinski definition) is 8. The second-order valence-electron chi connectivity index (χ2n) is 6.93. The zero-order valence-electron chi connectivity index (χ0n) is 14.8. The van der Waals surface area contributed by atoms with Gasteiger partial charge in [-0.15, -0.1) is 0 Å². The minimum atomic E-state index is -0.0374. The molecule has 0 radical (unpaired) electrons. The van der Waals surface area contributed by atoms with Crippen molar-refractivity contribution in [3.05, 3.63) is 24.5 Å². The molecule has 3 aromatic rings. The van der Waals surface area contributed by atoms with E-state index in [1.54, 1.807) is 16.8 Å². The van der Waals surface area contributed by atoms with Crippen molar-refractivity contribution in [1.29, 1.82) is 0 Å². The predicted octanol–water partition coefficient (Wildman–Crippen LogP) is 0.0340. The SMILES string of the molecule is Nc1nc(N2CCN3C(CO)CC[AsH]C3C2)cc2nc(-c3ccco3)nn12. The summed E-state index contributed by atoms with van der Waals surface area (Å²) in [6.45, 7) is 3.03. The van der Waals surface area contributed by atoms with E-state index in [0.29, 0.717) is 34.1 Å². The summed E-state index contributed by atoms with van der Waals surface area (Å²) in [6, 6.07) is 5.89. The van der Waals surface area contributed by atoms with Crippen LogP contribution in [0.5, 0.6) is 0 Å². The Labute approximate surface area is 162 Å². The van der Waals surface area contributed by atoms with Gasteiger partial charge in [0, 0.05) is 0 Å². The summed E-state index contributed by atoms with van der Waals surface area (Å²) in [4.78, 5) is 14.5. The van der Waals surface area contributed by atoms with Crippen LogP contribution in [0.3, 0.4) is 0 Å². The van der Waals surface area contributed by atoms with E-state index < -0.39 is 0 Å². The summed E-state index contributed by atoms with van der Waals surface area (Å²) in [5.41, 5.74) is 6.83. The third kappa shape index (κ3) is 2.99. The summed E-state index contributed by atoms with van der Waals surface area (Å²) in [7, 11) is 0. The molecule has 2 saturated heterocycles. The van der Waals surface area contributed by atoms with Crippen molar-refractivity contribution in [3.8, 4) is 11.6 Å². The van der Waals surface area contributed by atoms with E-state index in [1.807, 2.05) is 12.1 Å². The zero-order chi connectivity index (χ0) is 18.4. The molecule has 9 nitrogen and oxygen atoms in total. The van der Waals surface area contributed by atoms with Gasteiger partial charge in [-0.25, -0.2) is 0 Å². The molecule has 10 heteroatoms. The number of anilines is 2. The first-order valence-electron chi connectivity index (χ1n) is 9.15. The Morgan fingerprint density at radius 3 is 3.07 bits per heavy atom. The van der Waals surface area contributed by atoms with E-state index in [2.05, 4.69) is 24.9 Å². The minimum absolute atomic E-state index is 0.0374. The van der Waals surface area contributed by atoms with Gasteiger partial charge in [0.05, 0.1) is 0 Å². The van der Waals surface area contributed by atoms with E-state index in [1.165, 1.54) is 5.21 Å². The third-order valence-electron chi connectivity index (χ3n) is 5.36. The Kier molecular flexibility index (Phi) is 4.30. The Hall–Kier alpha value is -2.09. The van der Waals surface area contributed by atoms with Crippen LogP contribution in [-0.4, -0.2) is 82.5 Å². The third-order valence-corrected chi connectivity index (χ3v) is 8.64. The molecular weight excluding hydrogens is 409 g/mol. The van der Waals surface area contributed by atoms with Crippen molar-refractivity contribution < 1.29 is 9.52 Å². The van der Waals surface area contributed by atoms with Crippen LogP contribution >= 0.6 is 0 Å². The van der Waals surface area contributed by atoms with Gasteiger partial charge in [-0.2, -0.15) is 0 Å². The first-order chi connectivity index (χ1) is 13.2. The topological polar surface area (TPSA) is 109 Å². The van der Waals surface area contributed by atoms with Crippen molar-refractivity contribution in [2.24, 2.45) is 0 Å². The summed E-state index contributed by atoms with van der Waals surface area (Å²) in [5, 5.41) is 15.3. The van der Waals surface area contributed by atoms with Gasteiger partial charge in [-0.05, 0) is 0 Å². The molecule has 3 aromatic heterocycles. The van der Waals surface area contributed by atoms with Crippen molar-refractivity contribution in [2.45, 2.75) is 22.5 Å². The van der Waals surface area contributed by atoms with Crippen LogP contribution in [0.15, 0.2) is 28.9 Å². The first-order valence-corrected chi connectivity index (χ1v) is 11.8. The molecule has 0 spiro atoms. The number of fused-ring (bicyclic) bond motifs is 2. The average Bonchev–Trinajstić information content (AvgIpc) is 3.36. The van der Waals surface area contributed by atoms with Crippen LogP contribution in [0.2, 0.25) is 5.21 Å². The second kappa shape index (κ2) is 6.81. The van der Waals surface area contributed by atoms with Gasteiger partial charge >= 0.3 is 163 Å². The molecule has 2 fully saturated rings. The Morgan fingerprint density at radius 1 is 1.33 bits per heavy atom. The molecule has 2 aliphatic heterocycles. The number of aromatic nitrogens is 4. The van der Waals surface area contributed by atoms with E-state index in [0.717, 1.165) is 31.9 Å². The van der Waals surface area contributed by atoms with Crippen LogP contribution in [0.25, 0.3) is 17.2 Å². The fourth-order valence-corrected chi connectivity index (χ4v) is 7.66. The molecule has 0 aliphatic carbocycles. The first kappa shape index (κ1) is 17.0. The standard InChI is InChI=1S/C17H22AsN7O2/c19-17-21-14(8-15-20-16(22-25(15)17)12-2-1-7-27-12)23-5-6-24-11(10-26)3-4-18-13(24)9-23/h1-2,7-8,11,13,18,26H,3-6,9-10H2,(H2,19,21). The molecule has 5 heterocycles. The number of aliphatic hydroxyl groups is 1. The Balaban J connectivity index is 1.43. The molecule has 5 rings (SSSR count). The van der Waals surface area contributed by atoms with Gasteiger partial charge in [0.2, 0.25) is 0 Å². The number of nitrogens with zero attached hydrogens (tertiary/aromatic N) is 6. The molecule has 3 N–H and O–H groups in total. The van der Waals surface area contributed by atoms with Crippen molar-refractivity contribution >= 4 is 33.2 Å². The van der Waals surface area contributed by atoms with E-state index in [4.69, 9.17) is 10.2 Å². The average molecular weight is 431 g/mol. The number of nitrogens with two attached hydrogens (primary N) is 1. The molecule has 0 aromatic carbocycles. The van der Waals surface area contributed by atoms with Gasteiger partial charge in [-0.3, -0.25) is 0 Å². The van der Waals surface area contributed by atoms with Gasteiger partial charge < -0.3 is 0 Å². The molecule has 3 atom stereocenters. The maximum absolute atomic E-state index is 9.65. The number of hydrogen-bond donors (Lipinski definition) is 2. The van der Waals surface area contributed by atoms with Gasteiger partial charge in [0.25, 0.3) is 0 Å². The van der Waals surface area contributed by atoms with Crippen molar-refractivity contribution in [3.63, 3.8) is 0 Å². The summed E-state index contributed by atoms with van der Waals surface area (Å²) in [5.74, 6) is 2.27. The quantitative estimate of drug-likeness (QED) is 0.560. The number of furan rings is 1. The van der Waals surface area contributed by atoms with Crippen LogP contribution in [0, 0.1) is 0 Å². The molecule has 0 saturated carbocycles. The van der Waals surface area contributed by atoms with E-state index >= 15 is 0 Å². The van der Waals surface area contributed by atoms with Crippen LogP contribution in [0.4, 0.5) is 11.8 Å². The molecule has 2 aliphatic rings.